The zero-order valence-electron chi connectivity index (χ0n) is 40.6. The quantitative estimate of drug-likeness (QED) is 0.131. The van der Waals surface area contributed by atoms with Crippen molar-refractivity contribution >= 4 is 71.2 Å². The molecule has 0 saturated heterocycles. The second kappa shape index (κ2) is 18.1. The molecule has 14 rings (SSSR count). The molecule has 0 aliphatic rings. The summed E-state index contributed by atoms with van der Waals surface area (Å²) in [4.78, 5) is 2.42. The number of para-hydroxylation sites is 3. The molecule has 0 bridgehead atoms. The number of aromatic nitrogens is 1. The molecule has 0 amide bonds. The van der Waals surface area contributed by atoms with Crippen molar-refractivity contribution in [1.82, 2.24) is 4.57 Å². The van der Waals surface area contributed by atoms with Crippen molar-refractivity contribution in [3.05, 3.63) is 291 Å². The van der Waals surface area contributed by atoms with E-state index in [9.17, 15) is 0 Å². The van der Waals surface area contributed by atoms with Crippen LogP contribution in [0.1, 0.15) is 0 Å². The summed E-state index contributed by atoms with van der Waals surface area (Å²) in [6, 6.07) is 107. The van der Waals surface area contributed by atoms with Crippen LogP contribution < -0.4 is 4.90 Å². The predicted molar refractivity (Wildman–Crippen MR) is 315 cm³/mol. The number of anilines is 3. The number of rotatable bonds is 9. The summed E-state index contributed by atoms with van der Waals surface area (Å²) in [5.74, 6) is 0. The van der Waals surface area contributed by atoms with Crippen LogP contribution >= 0.6 is 0 Å². The van der Waals surface area contributed by atoms with Crippen LogP contribution in [0.4, 0.5) is 17.1 Å². The fourth-order valence-electron chi connectivity index (χ4n) is 11.6. The SMILES string of the molecule is c1ccc(-c2c(-c3ccccc3)c3cc(-c4cccc(N(c5ccc(-c6cccc7ccccc67)cc5)c5cccc(-c6cccc7c8ccccc8n(-c8ccccc8)c67)c5)c4)ccc3c3ccccc23)cc1. The molecule has 1 aromatic heterocycles. The van der Waals surface area contributed by atoms with Gasteiger partial charge in [0.25, 0.3) is 0 Å². The number of benzene rings is 13. The van der Waals surface area contributed by atoms with E-state index in [4.69, 9.17) is 0 Å². The highest BCUT2D eigenvalue weighted by Gasteiger charge is 2.21. The summed E-state index contributed by atoms with van der Waals surface area (Å²) in [6.45, 7) is 0. The van der Waals surface area contributed by atoms with Crippen LogP contribution in [0, 0.1) is 0 Å². The molecule has 1 heterocycles. The molecule has 0 fully saturated rings. The van der Waals surface area contributed by atoms with Gasteiger partial charge in [-0.3, -0.25) is 0 Å². The largest absolute Gasteiger partial charge is 0.310 e. The predicted octanol–water partition coefficient (Wildman–Crippen LogP) is 20.0. The molecular formula is C72H48N2. The maximum Gasteiger partial charge on any atom is 0.0619 e. The minimum absolute atomic E-state index is 1.07. The Labute approximate surface area is 430 Å². The van der Waals surface area contributed by atoms with Crippen molar-refractivity contribution in [2.75, 3.05) is 4.90 Å². The van der Waals surface area contributed by atoms with Gasteiger partial charge in [0, 0.05) is 39.1 Å². The third kappa shape index (κ3) is 7.35. The number of nitrogens with zero attached hydrogens (tertiary/aromatic N) is 2. The topological polar surface area (TPSA) is 8.17 Å². The summed E-state index contributed by atoms with van der Waals surface area (Å²) in [5.41, 5.74) is 18.7. The standard InChI is InChI=1S/C72H48N2/c1-4-21-51(22-5-1)70-66-35-13-12-33-63(66)64-45-42-54(48-68(64)71(70)52-23-6-2-7-24-52)53-26-16-30-58(46-53)73(57-43-40-50(41-44-57)61-36-18-25-49-20-10-11-32-60(49)61)59-31-17-27-55(47-59)62-37-19-38-67-65-34-14-15-39-69(65)74(72(62)67)56-28-8-3-9-29-56/h1-48H. The van der Waals surface area contributed by atoms with Gasteiger partial charge < -0.3 is 9.47 Å². The van der Waals surface area contributed by atoms with E-state index in [1.807, 2.05) is 0 Å². The van der Waals surface area contributed by atoms with Gasteiger partial charge >= 0.3 is 0 Å². The van der Waals surface area contributed by atoms with E-state index >= 15 is 0 Å². The van der Waals surface area contributed by atoms with Crippen LogP contribution in [0.15, 0.2) is 291 Å². The number of hydrogen-bond donors (Lipinski definition) is 0. The van der Waals surface area contributed by atoms with Crippen molar-refractivity contribution in [1.29, 1.82) is 0 Å². The van der Waals surface area contributed by atoms with E-state index in [0.717, 1.165) is 39.4 Å². The second-order valence-electron chi connectivity index (χ2n) is 19.2. The molecule has 0 radical (unpaired) electrons. The lowest BCUT2D eigenvalue weighted by molar-refractivity contribution is 1.18. The molecule has 0 aliphatic carbocycles. The zero-order chi connectivity index (χ0) is 49.0. The van der Waals surface area contributed by atoms with Gasteiger partial charge in [-0.25, -0.2) is 0 Å². The van der Waals surface area contributed by atoms with Gasteiger partial charge in [-0.05, 0) is 143 Å². The van der Waals surface area contributed by atoms with Crippen LogP contribution in [-0.4, -0.2) is 4.57 Å². The van der Waals surface area contributed by atoms with Crippen molar-refractivity contribution in [3.63, 3.8) is 0 Å². The molecule has 13 aromatic carbocycles. The van der Waals surface area contributed by atoms with E-state index in [0.29, 0.717) is 0 Å². The summed E-state index contributed by atoms with van der Waals surface area (Å²) in [6.07, 6.45) is 0. The van der Waals surface area contributed by atoms with Gasteiger partial charge in [-0.15, -0.1) is 0 Å². The normalized spacial score (nSPS) is 11.5. The monoisotopic (exact) mass is 940 g/mol. The maximum atomic E-state index is 2.43. The summed E-state index contributed by atoms with van der Waals surface area (Å²) < 4.78 is 2.43. The van der Waals surface area contributed by atoms with E-state index in [1.165, 1.54) is 93.1 Å². The van der Waals surface area contributed by atoms with Crippen LogP contribution in [-0.2, 0) is 0 Å². The summed E-state index contributed by atoms with van der Waals surface area (Å²) >= 11 is 0. The Kier molecular flexibility index (Phi) is 10.6. The Morgan fingerprint density at radius 3 is 1.47 bits per heavy atom. The lowest BCUT2D eigenvalue weighted by Crippen LogP contribution is -2.10. The minimum Gasteiger partial charge on any atom is -0.310 e. The Balaban J connectivity index is 0.957. The molecule has 14 aromatic rings. The van der Waals surface area contributed by atoms with Crippen LogP contribution in [0.3, 0.4) is 0 Å². The van der Waals surface area contributed by atoms with Crippen molar-refractivity contribution < 1.29 is 0 Å². The second-order valence-corrected chi connectivity index (χ2v) is 19.2. The third-order valence-corrected chi connectivity index (χ3v) is 14.9. The Hall–Kier alpha value is -9.76. The molecule has 74 heavy (non-hydrogen) atoms. The first-order valence-corrected chi connectivity index (χ1v) is 25.5. The Morgan fingerprint density at radius 1 is 0.243 bits per heavy atom. The maximum absolute atomic E-state index is 2.43. The number of fused-ring (bicyclic) bond motifs is 7. The van der Waals surface area contributed by atoms with Gasteiger partial charge in [-0.2, -0.15) is 0 Å². The average Bonchev–Trinajstić information content (AvgIpc) is 3.82. The molecule has 2 heteroatoms. The van der Waals surface area contributed by atoms with Crippen molar-refractivity contribution in [2.24, 2.45) is 0 Å². The fourth-order valence-corrected chi connectivity index (χ4v) is 11.6. The van der Waals surface area contributed by atoms with Gasteiger partial charge in [-0.1, -0.05) is 231 Å². The molecule has 0 N–H and O–H groups in total. The minimum atomic E-state index is 1.07. The first-order chi connectivity index (χ1) is 36.7. The Morgan fingerprint density at radius 2 is 0.730 bits per heavy atom. The third-order valence-electron chi connectivity index (χ3n) is 14.9. The highest BCUT2D eigenvalue weighted by molar-refractivity contribution is 6.22. The van der Waals surface area contributed by atoms with E-state index in [-0.39, 0.29) is 0 Å². The first-order valence-electron chi connectivity index (χ1n) is 25.5. The average molecular weight is 941 g/mol. The molecule has 0 atom stereocenters. The molecule has 0 saturated carbocycles. The van der Waals surface area contributed by atoms with E-state index in [1.54, 1.807) is 0 Å². The number of hydrogen-bond acceptors (Lipinski definition) is 1. The lowest BCUT2D eigenvalue weighted by Gasteiger charge is -2.27. The fraction of sp³-hybridized carbons (Fsp3) is 0. The molecular weight excluding hydrogens is 893 g/mol. The van der Waals surface area contributed by atoms with Crippen LogP contribution in [0.5, 0.6) is 0 Å². The lowest BCUT2D eigenvalue weighted by atomic mass is 9.84. The van der Waals surface area contributed by atoms with E-state index in [2.05, 4.69) is 301 Å². The zero-order valence-corrected chi connectivity index (χ0v) is 40.6. The van der Waals surface area contributed by atoms with Crippen molar-refractivity contribution in [2.45, 2.75) is 0 Å². The van der Waals surface area contributed by atoms with Crippen LogP contribution in [0.25, 0.3) is 115 Å². The molecule has 346 valence electrons. The van der Waals surface area contributed by atoms with Gasteiger partial charge in [0.05, 0.1) is 11.0 Å². The highest BCUT2D eigenvalue weighted by atomic mass is 15.1. The molecule has 0 spiro atoms. The van der Waals surface area contributed by atoms with Gasteiger partial charge in [0.1, 0.15) is 0 Å². The first kappa shape index (κ1) is 43.1. The van der Waals surface area contributed by atoms with E-state index < -0.39 is 0 Å². The summed E-state index contributed by atoms with van der Waals surface area (Å²) in [5, 5.41) is 9.92. The molecule has 0 aliphatic heterocycles. The smallest absolute Gasteiger partial charge is 0.0619 e. The molecule has 2 nitrogen and oxygen atoms in total. The summed E-state index contributed by atoms with van der Waals surface area (Å²) in [7, 11) is 0. The van der Waals surface area contributed by atoms with Crippen LogP contribution in [0.2, 0.25) is 0 Å². The Bertz CT molecular complexity index is 4400. The van der Waals surface area contributed by atoms with Gasteiger partial charge in [0.2, 0.25) is 0 Å². The highest BCUT2D eigenvalue weighted by Crippen LogP contribution is 2.47. The van der Waals surface area contributed by atoms with Gasteiger partial charge in [0.15, 0.2) is 0 Å². The molecule has 0 unspecified atom stereocenters. The van der Waals surface area contributed by atoms with Crippen molar-refractivity contribution in [3.8, 4) is 61.3 Å².